The number of fused-ring (bicyclic) bond motifs is 1. The number of hydrogen-bond donors (Lipinski definition) is 1. The molecule has 0 fully saturated rings. The molecule has 3 aromatic rings. The molecular formula is C16H12N2O3S. The molecule has 0 atom stereocenters. The Morgan fingerprint density at radius 3 is 2.14 bits per heavy atom. The minimum Gasteiger partial charge on any atom is -0.282 e. The maximum atomic E-state index is 11.6. The molecule has 22 heavy (non-hydrogen) atoms. The van der Waals surface area contributed by atoms with Crippen molar-refractivity contribution in [1.82, 2.24) is 0 Å². The van der Waals surface area contributed by atoms with E-state index in [1.54, 1.807) is 42.5 Å². The Labute approximate surface area is 127 Å². The van der Waals surface area contributed by atoms with Crippen LogP contribution >= 0.6 is 0 Å². The summed E-state index contributed by atoms with van der Waals surface area (Å²) in [6, 6.07) is 19.0. The van der Waals surface area contributed by atoms with Crippen molar-refractivity contribution in [2.24, 2.45) is 10.2 Å². The van der Waals surface area contributed by atoms with Gasteiger partial charge in [-0.1, -0.05) is 42.5 Å². The highest BCUT2D eigenvalue weighted by Crippen LogP contribution is 2.29. The summed E-state index contributed by atoms with van der Waals surface area (Å²) in [4.78, 5) is -0.174. The van der Waals surface area contributed by atoms with Crippen molar-refractivity contribution >= 4 is 32.3 Å². The minimum atomic E-state index is -4.34. The fourth-order valence-corrected chi connectivity index (χ4v) is 2.88. The fraction of sp³-hybridized carbons (Fsp3) is 0. The Bertz CT molecular complexity index is 952. The number of azo groups is 1. The van der Waals surface area contributed by atoms with Gasteiger partial charge in [0, 0.05) is 5.39 Å². The van der Waals surface area contributed by atoms with Crippen molar-refractivity contribution in [2.75, 3.05) is 0 Å². The summed E-state index contributed by atoms with van der Waals surface area (Å²) in [5.74, 6) is 0. The van der Waals surface area contributed by atoms with Crippen LogP contribution in [0.1, 0.15) is 0 Å². The quantitative estimate of drug-likeness (QED) is 0.571. The number of rotatable bonds is 3. The largest absolute Gasteiger partial charge is 0.295 e. The van der Waals surface area contributed by atoms with E-state index in [2.05, 4.69) is 10.2 Å². The molecule has 0 amide bonds. The van der Waals surface area contributed by atoms with Crippen LogP contribution in [0.3, 0.4) is 0 Å². The zero-order valence-corrected chi connectivity index (χ0v) is 12.2. The van der Waals surface area contributed by atoms with Gasteiger partial charge in [-0.15, -0.1) is 0 Å². The van der Waals surface area contributed by atoms with Gasteiger partial charge in [-0.2, -0.15) is 18.6 Å². The van der Waals surface area contributed by atoms with Crippen molar-refractivity contribution in [3.63, 3.8) is 0 Å². The molecule has 110 valence electrons. The lowest BCUT2D eigenvalue weighted by atomic mass is 10.1. The van der Waals surface area contributed by atoms with E-state index in [1.807, 2.05) is 18.2 Å². The van der Waals surface area contributed by atoms with Crippen LogP contribution in [0.5, 0.6) is 0 Å². The predicted molar refractivity (Wildman–Crippen MR) is 84.4 cm³/mol. The maximum absolute atomic E-state index is 11.6. The number of benzene rings is 3. The van der Waals surface area contributed by atoms with E-state index in [0.717, 1.165) is 0 Å². The molecular weight excluding hydrogens is 300 g/mol. The monoisotopic (exact) mass is 312 g/mol. The van der Waals surface area contributed by atoms with Crippen LogP contribution in [0.25, 0.3) is 10.8 Å². The van der Waals surface area contributed by atoms with Gasteiger partial charge in [-0.3, -0.25) is 4.55 Å². The molecule has 0 aliphatic rings. The van der Waals surface area contributed by atoms with Gasteiger partial charge in [0.25, 0.3) is 10.1 Å². The van der Waals surface area contributed by atoms with E-state index in [1.165, 1.54) is 6.07 Å². The highest BCUT2D eigenvalue weighted by Gasteiger charge is 2.15. The van der Waals surface area contributed by atoms with Crippen molar-refractivity contribution in [3.8, 4) is 0 Å². The van der Waals surface area contributed by atoms with E-state index in [4.69, 9.17) is 0 Å². The number of nitrogens with zero attached hydrogens (tertiary/aromatic N) is 2. The van der Waals surface area contributed by atoms with E-state index >= 15 is 0 Å². The zero-order chi connectivity index (χ0) is 15.6. The van der Waals surface area contributed by atoms with Crippen LogP contribution in [0, 0.1) is 0 Å². The Balaban J connectivity index is 2.14. The first-order chi connectivity index (χ1) is 10.5. The SMILES string of the molecule is O=S(=O)(O)c1cc(/N=N\c2ccccc2)cc2ccccc12. The van der Waals surface area contributed by atoms with E-state index in [-0.39, 0.29) is 4.90 Å². The first-order valence-corrected chi connectivity index (χ1v) is 7.95. The van der Waals surface area contributed by atoms with Gasteiger partial charge in [-0.25, -0.2) is 0 Å². The Morgan fingerprint density at radius 2 is 1.41 bits per heavy atom. The van der Waals surface area contributed by atoms with Crippen molar-refractivity contribution < 1.29 is 13.0 Å². The molecule has 3 rings (SSSR count). The zero-order valence-electron chi connectivity index (χ0n) is 11.4. The predicted octanol–water partition coefficient (Wildman–Crippen LogP) is 4.50. The lowest BCUT2D eigenvalue weighted by molar-refractivity contribution is 0.484. The molecule has 3 aromatic carbocycles. The van der Waals surface area contributed by atoms with Gasteiger partial charge in [0.15, 0.2) is 0 Å². The van der Waals surface area contributed by atoms with Crippen molar-refractivity contribution in [1.29, 1.82) is 0 Å². The molecule has 0 saturated heterocycles. The van der Waals surface area contributed by atoms with Crippen LogP contribution in [0.15, 0.2) is 81.9 Å². The molecule has 1 N–H and O–H groups in total. The summed E-state index contributed by atoms with van der Waals surface area (Å²) in [5.41, 5.74) is 1.01. The molecule has 0 spiro atoms. The van der Waals surface area contributed by atoms with E-state index in [9.17, 15) is 13.0 Å². The Hall–Kier alpha value is -2.57. The summed E-state index contributed by atoms with van der Waals surface area (Å²) in [7, 11) is -4.34. The third kappa shape index (κ3) is 3.03. The standard InChI is InChI=1S/C16H12N2O3S/c19-22(20,21)16-11-14(10-12-6-4-5-9-15(12)16)18-17-13-7-2-1-3-8-13/h1-11H,(H,19,20,21)/b18-17-. The molecule has 0 aliphatic carbocycles. The highest BCUT2D eigenvalue weighted by molar-refractivity contribution is 7.86. The maximum Gasteiger partial charge on any atom is 0.295 e. The first-order valence-electron chi connectivity index (χ1n) is 6.51. The molecule has 0 radical (unpaired) electrons. The lowest BCUT2D eigenvalue weighted by Gasteiger charge is -2.05. The van der Waals surface area contributed by atoms with Crippen molar-refractivity contribution in [2.45, 2.75) is 4.90 Å². The fourth-order valence-electron chi connectivity index (χ4n) is 2.14. The molecule has 0 heterocycles. The summed E-state index contributed by atoms with van der Waals surface area (Å²) < 4.78 is 32.5. The second-order valence-electron chi connectivity index (χ2n) is 4.68. The normalized spacial score (nSPS) is 12.0. The second-order valence-corrected chi connectivity index (χ2v) is 6.07. The second kappa shape index (κ2) is 5.67. The average Bonchev–Trinajstić information content (AvgIpc) is 2.52. The third-order valence-electron chi connectivity index (χ3n) is 3.12. The molecule has 6 heteroatoms. The number of hydrogen-bond acceptors (Lipinski definition) is 4. The van der Waals surface area contributed by atoms with Crippen LogP contribution in [-0.4, -0.2) is 13.0 Å². The Morgan fingerprint density at radius 1 is 0.773 bits per heavy atom. The molecule has 0 aliphatic heterocycles. The molecule has 0 unspecified atom stereocenters. The van der Waals surface area contributed by atoms with Gasteiger partial charge in [-0.05, 0) is 29.7 Å². The van der Waals surface area contributed by atoms with Crippen LogP contribution in [0.2, 0.25) is 0 Å². The summed E-state index contributed by atoms with van der Waals surface area (Å²) in [5, 5.41) is 9.22. The van der Waals surface area contributed by atoms with Crippen LogP contribution in [0.4, 0.5) is 11.4 Å². The van der Waals surface area contributed by atoms with Crippen molar-refractivity contribution in [3.05, 3.63) is 66.7 Å². The average molecular weight is 312 g/mol. The van der Waals surface area contributed by atoms with Crippen LogP contribution in [-0.2, 0) is 10.1 Å². The topological polar surface area (TPSA) is 79.1 Å². The van der Waals surface area contributed by atoms with Gasteiger partial charge in [0.05, 0.1) is 11.4 Å². The van der Waals surface area contributed by atoms with E-state index < -0.39 is 10.1 Å². The summed E-state index contributed by atoms with van der Waals surface area (Å²) in [6.45, 7) is 0. The lowest BCUT2D eigenvalue weighted by Crippen LogP contribution is -1.98. The minimum absolute atomic E-state index is 0.174. The van der Waals surface area contributed by atoms with Gasteiger partial charge >= 0.3 is 0 Å². The third-order valence-corrected chi connectivity index (χ3v) is 4.02. The van der Waals surface area contributed by atoms with Gasteiger partial charge in [0.1, 0.15) is 4.90 Å². The first kappa shape index (κ1) is 14.4. The van der Waals surface area contributed by atoms with Crippen LogP contribution < -0.4 is 0 Å². The van der Waals surface area contributed by atoms with Gasteiger partial charge < -0.3 is 0 Å². The highest BCUT2D eigenvalue weighted by atomic mass is 32.2. The molecule has 0 saturated carbocycles. The molecule has 0 aromatic heterocycles. The summed E-state index contributed by atoms with van der Waals surface area (Å²) in [6.07, 6.45) is 0. The smallest absolute Gasteiger partial charge is 0.282 e. The Kier molecular flexibility index (Phi) is 3.70. The molecule has 5 nitrogen and oxygen atoms in total. The van der Waals surface area contributed by atoms with E-state index in [0.29, 0.717) is 22.1 Å². The molecule has 0 bridgehead atoms. The summed E-state index contributed by atoms with van der Waals surface area (Å²) >= 11 is 0. The van der Waals surface area contributed by atoms with Gasteiger partial charge in [0.2, 0.25) is 0 Å².